The van der Waals surface area contributed by atoms with Gasteiger partial charge in [0.2, 0.25) is 11.9 Å². The lowest BCUT2D eigenvalue weighted by atomic mass is 9.96. The highest BCUT2D eigenvalue weighted by molar-refractivity contribution is 5.76. The van der Waals surface area contributed by atoms with Crippen LogP contribution in [0.25, 0.3) is 11.2 Å². The van der Waals surface area contributed by atoms with Gasteiger partial charge in [-0.25, -0.2) is 14.4 Å². The number of hydrogen-bond donors (Lipinski definition) is 2. The van der Waals surface area contributed by atoms with E-state index in [0.29, 0.717) is 42.4 Å². The van der Waals surface area contributed by atoms with Crippen LogP contribution in [0, 0.1) is 5.82 Å². The molecule has 8 heteroatoms. The molecule has 0 bridgehead atoms. The van der Waals surface area contributed by atoms with E-state index >= 15 is 0 Å². The van der Waals surface area contributed by atoms with Crippen molar-refractivity contribution in [2.75, 3.05) is 23.8 Å². The molecule has 2 fully saturated rings. The van der Waals surface area contributed by atoms with Crippen molar-refractivity contribution in [2.45, 2.75) is 64.5 Å². The number of para-hydroxylation sites is 1. The summed E-state index contributed by atoms with van der Waals surface area (Å²) in [5.41, 5.74) is 1.81. The van der Waals surface area contributed by atoms with Crippen molar-refractivity contribution in [1.29, 1.82) is 0 Å². The molecule has 0 spiro atoms. The van der Waals surface area contributed by atoms with Crippen LogP contribution in [0.5, 0.6) is 0 Å². The minimum absolute atomic E-state index is 0.103. The molecule has 1 unspecified atom stereocenters. The van der Waals surface area contributed by atoms with E-state index in [1.807, 2.05) is 18.4 Å². The predicted octanol–water partition coefficient (Wildman–Crippen LogP) is 5.44. The van der Waals surface area contributed by atoms with Gasteiger partial charge < -0.3 is 15.4 Å². The van der Waals surface area contributed by atoms with E-state index < -0.39 is 0 Å². The third kappa shape index (κ3) is 4.79. The van der Waals surface area contributed by atoms with Crippen LogP contribution in [-0.4, -0.2) is 38.8 Å². The van der Waals surface area contributed by atoms with E-state index in [-0.39, 0.29) is 11.9 Å². The molecule has 7 nitrogen and oxygen atoms in total. The number of ether oxygens (including phenoxy) is 1. The second-order valence-corrected chi connectivity index (χ2v) is 7.81. The molecule has 2 N–H and O–H groups in total. The Morgan fingerprint density at radius 1 is 1.06 bits per heavy atom. The zero-order valence-corrected chi connectivity index (χ0v) is 18.3. The highest BCUT2D eigenvalue weighted by Gasteiger charge is 2.25. The van der Waals surface area contributed by atoms with E-state index in [0.717, 1.165) is 24.9 Å². The molecule has 2 aromatic heterocycles. The number of halogens is 1. The zero-order valence-electron chi connectivity index (χ0n) is 18.3. The first kappa shape index (κ1) is 21.5. The van der Waals surface area contributed by atoms with Crippen molar-refractivity contribution in [3.05, 3.63) is 36.3 Å². The van der Waals surface area contributed by atoms with Crippen LogP contribution in [0.4, 0.5) is 22.0 Å². The molecule has 5 rings (SSSR count). The topological polar surface area (TPSA) is 76.9 Å². The van der Waals surface area contributed by atoms with Gasteiger partial charge >= 0.3 is 0 Å². The third-order valence-electron chi connectivity index (χ3n) is 5.76. The van der Waals surface area contributed by atoms with E-state index in [1.54, 1.807) is 24.4 Å². The Kier molecular flexibility index (Phi) is 6.96. The van der Waals surface area contributed by atoms with Gasteiger partial charge in [-0.1, -0.05) is 45.2 Å². The monoisotopic (exact) mass is 426 g/mol. The summed E-state index contributed by atoms with van der Waals surface area (Å²) in [5.74, 6) is 0.867. The SMILES string of the molecule is CC.Fc1ccccc1Nc1nc2cnc(NC3CCCCC3)nc2n1C1CCOC1. The summed E-state index contributed by atoms with van der Waals surface area (Å²) in [5, 5.41) is 6.62. The summed E-state index contributed by atoms with van der Waals surface area (Å²) in [6.07, 6.45) is 8.70. The first-order valence-electron chi connectivity index (χ1n) is 11.4. The molecule has 3 heterocycles. The number of hydrogen-bond acceptors (Lipinski definition) is 6. The number of fused-ring (bicyclic) bond motifs is 1. The quantitative estimate of drug-likeness (QED) is 0.566. The lowest BCUT2D eigenvalue weighted by molar-refractivity contribution is 0.187. The Bertz CT molecular complexity index is 995. The zero-order chi connectivity index (χ0) is 21.6. The first-order chi connectivity index (χ1) is 15.3. The molecule has 1 saturated carbocycles. The van der Waals surface area contributed by atoms with Gasteiger partial charge in [0, 0.05) is 12.6 Å². The molecule has 1 aliphatic carbocycles. The molecule has 1 aliphatic heterocycles. The Labute approximate surface area is 182 Å². The fraction of sp³-hybridized carbons (Fsp3) is 0.522. The fourth-order valence-electron chi connectivity index (χ4n) is 4.23. The van der Waals surface area contributed by atoms with Gasteiger partial charge in [0.05, 0.1) is 24.5 Å². The summed E-state index contributed by atoms with van der Waals surface area (Å²) in [4.78, 5) is 13.9. The van der Waals surface area contributed by atoms with Crippen molar-refractivity contribution in [2.24, 2.45) is 0 Å². The van der Waals surface area contributed by atoms with E-state index in [4.69, 9.17) is 9.72 Å². The number of benzene rings is 1. The van der Waals surface area contributed by atoms with E-state index in [1.165, 1.54) is 25.3 Å². The Balaban J connectivity index is 0.00000112. The molecule has 3 aromatic rings. The van der Waals surface area contributed by atoms with Gasteiger partial charge in [-0.3, -0.25) is 4.57 Å². The van der Waals surface area contributed by atoms with Crippen molar-refractivity contribution in [1.82, 2.24) is 19.5 Å². The van der Waals surface area contributed by atoms with Crippen LogP contribution in [0.1, 0.15) is 58.4 Å². The maximum atomic E-state index is 14.2. The number of anilines is 3. The van der Waals surface area contributed by atoms with Crippen molar-refractivity contribution >= 4 is 28.7 Å². The maximum Gasteiger partial charge on any atom is 0.224 e. The van der Waals surface area contributed by atoms with Crippen molar-refractivity contribution in [3.8, 4) is 0 Å². The highest BCUT2D eigenvalue weighted by atomic mass is 19.1. The van der Waals surface area contributed by atoms with E-state index in [2.05, 4.69) is 20.6 Å². The summed E-state index contributed by atoms with van der Waals surface area (Å²) < 4.78 is 21.8. The number of nitrogens with one attached hydrogen (secondary N) is 2. The predicted molar refractivity (Wildman–Crippen MR) is 121 cm³/mol. The summed E-state index contributed by atoms with van der Waals surface area (Å²) in [6.45, 7) is 5.29. The average molecular weight is 427 g/mol. The number of nitrogens with zero attached hydrogens (tertiary/aromatic N) is 4. The molecule has 0 amide bonds. The molecular formula is C23H31FN6O. The van der Waals surface area contributed by atoms with Gasteiger partial charge in [0.15, 0.2) is 5.65 Å². The maximum absolute atomic E-state index is 14.2. The van der Waals surface area contributed by atoms with Crippen LogP contribution in [0.3, 0.4) is 0 Å². The Morgan fingerprint density at radius 3 is 2.61 bits per heavy atom. The smallest absolute Gasteiger partial charge is 0.224 e. The second kappa shape index (κ2) is 10.0. The van der Waals surface area contributed by atoms with Crippen molar-refractivity contribution < 1.29 is 9.13 Å². The van der Waals surface area contributed by atoms with Gasteiger partial charge in [-0.05, 0) is 31.4 Å². The molecule has 1 saturated heterocycles. The minimum atomic E-state index is -0.320. The van der Waals surface area contributed by atoms with Crippen molar-refractivity contribution in [3.63, 3.8) is 0 Å². The first-order valence-corrected chi connectivity index (χ1v) is 11.4. The standard InChI is InChI=1S/C21H25FN6O.C2H6/c22-16-8-4-5-9-17(16)25-21-26-18-12-23-20(24-14-6-2-1-3-7-14)27-19(18)28(21)15-10-11-29-13-15;1-2/h4-5,8-9,12,14-15H,1-3,6-7,10-11,13H2,(H,25,26)(H,23,24,27);1-2H3. The second-order valence-electron chi connectivity index (χ2n) is 7.81. The highest BCUT2D eigenvalue weighted by Crippen LogP contribution is 2.31. The van der Waals surface area contributed by atoms with Crippen LogP contribution in [0.15, 0.2) is 30.5 Å². The largest absolute Gasteiger partial charge is 0.379 e. The molecule has 166 valence electrons. The van der Waals surface area contributed by atoms with Gasteiger partial charge in [-0.2, -0.15) is 4.98 Å². The van der Waals surface area contributed by atoms with Gasteiger partial charge in [-0.15, -0.1) is 0 Å². The molecule has 31 heavy (non-hydrogen) atoms. The Hall–Kier alpha value is -2.74. The number of rotatable bonds is 5. The molecule has 2 aliphatic rings. The van der Waals surface area contributed by atoms with Gasteiger partial charge in [0.25, 0.3) is 0 Å². The summed E-state index contributed by atoms with van der Waals surface area (Å²) in [7, 11) is 0. The average Bonchev–Trinajstić information content (AvgIpc) is 3.45. The third-order valence-corrected chi connectivity index (χ3v) is 5.76. The van der Waals surface area contributed by atoms with Crippen LogP contribution < -0.4 is 10.6 Å². The van der Waals surface area contributed by atoms with Crippen LogP contribution in [-0.2, 0) is 4.74 Å². The molecule has 0 radical (unpaired) electrons. The van der Waals surface area contributed by atoms with Gasteiger partial charge in [0.1, 0.15) is 11.3 Å². The summed E-state index contributed by atoms with van der Waals surface area (Å²) >= 11 is 0. The molecule has 1 atom stereocenters. The normalized spacial score (nSPS) is 19.1. The summed E-state index contributed by atoms with van der Waals surface area (Å²) in [6, 6.07) is 7.12. The fourth-order valence-corrected chi connectivity index (χ4v) is 4.23. The van der Waals surface area contributed by atoms with E-state index in [9.17, 15) is 4.39 Å². The van der Waals surface area contributed by atoms with Crippen LogP contribution >= 0.6 is 0 Å². The Morgan fingerprint density at radius 2 is 1.87 bits per heavy atom. The molecule has 1 aromatic carbocycles. The minimum Gasteiger partial charge on any atom is -0.379 e. The lowest BCUT2D eigenvalue weighted by Crippen LogP contribution is -2.23. The lowest BCUT2D eigenvalue weighted by Gasteiger charge is -2.22. The van der Waals surface area contributed by atoms with Crippen LogP contribution in [0.2, 0.25) is 0 Å². The number of aromatic nitrogens is 4. The molecular weight excluding hydrogens is 395 g/mol. The number of imidazole rings is 1.